The van der Waals surface area contributed by atoms with Gasteiger partial charge in [0.1, 0.15) is 0 Å². The number of benzene rings is 1. The third kappa shape index (κ3) is 3.83. The molecule has 0 atom stereocenters. The van der Waals surface area contributed by atoms with E-state index in [1.54, 1.807) is 6.07 Å². The summed E-state index contributed by atoms with van der Waals surface area (Å²) in [6.45, 7) is 2.26. The average Bonchev–Trinajstić information content (AvgIpc) is 2.45. The van der Waals surface area contributed by atoms with Gasteiger partial charge in [-0.1, -0.05) is 17.7 Å². The van der Waals surface area contributed by atoms with E-state index in [0.717, 1.165) is 37.2 Å². The number of anilines is 1. The van der Waals surface area contributed by atoms with E-state index in [2.05, 4.69) is 4.90 Å². The summed E-state index contributed by atoms with van der Waals surface area (Å²) in [5, 5.41) is 18.8. The van der Waals surface area contributed by atoms with Crippen LogP contribution in [0.1, 0.15) is 18.4 Å². The first-order valence-corrected chi connectivity index (χ1v) is 6.99. The third-order valence-corrected chi connectivity index (χ3v) is 3.68. The topological polar surface area (TPSA) is 52.9 Å². The maximum atomic E-state index is 9.39. The second-order valence-electron chi connectivity index (χ2n) is 4.71. The normalized spacial score (nSPS) is 16.9. The lowest BCUT2D eigenvalue weighted by Gasteiger charge is -2.34. The molecular formula is C14H20ClNO3. The van der Waals surface area contributed by atoms with E-state index in [-0.39, 0.29) is 19.3 Å². The molecule has 0 aliphatic carbocycles. The molecule has 1 aromatic carbocycles. The van der Waals surface area contributed by atoms with Gasteiger partial charge in [-0.25, -0.2) is 0 Å². The summed E-state index contributed by atoms with van der Waals surface area (Å²) in [5.41, 5.74) is 1.91. The Morgan fingerprint density at radius 2 is 2.00 bits per heavy atom. The third-order valence-electron chi connectivity index (χ3n) is 3.45. The molecule has 1 aromatic rings. The van der Waals surface area contributed by atoms with Crippen molar-refractivity contribution in [3.05, 3.63) is 28.8 Å². The van der Waals surface area contributed by atoms with Crippen LogP contribution >= 0.6 is 11.6 Å². The molecule has 0 spiro atoms. The first-order valence-electron chi connectivity index (χ1n) is 6.61. The van der Waals surface area contributed by atoms with Crippen molar-refractivity contribution in [3.8, 4) is 0 Å². The molecule has 2 N–H and O–H groups in total. The number of hydrogen-bond donors (Lipinski definition) is 2. The van der Waals surface area contributed by atoms with Gasteiger partial charge in [-0.05, 0) is 25.0 Å². The van der Waals surface area contributed by atoms with E-state index >= 15 is 0 Å². The molecule has 2 rings (SSSR count). The van der Waals surface area contributed by atoms with E-state index in [1.807, 2.05) is 12.1 Å². The summed E-state index contributed by atoms with van der Waals surface area (Å²) in [7, 11) is 0. The van der Waals surface area contributed by atoms with Crippen molar-refractivity contribution in [1.29, 1.82) is 0 Å². The highest BCUT2D eigenvalue weighted by Gasteiger charge is 2.21. The second kappa shape index (κ2) is 7.10. The predicted octanol–water partition coefficient (Wildman–Crippen LogP) is 1.81. The number of rotatable bonds is 5. The van der Waals surface area contributed by atoms with Crippen LogP contribution in [0, 0.1) is 0 Å². The Hall–Kier alpha value is -0.810. The molecule has 1 aliphatic heterocycles. The minimum Gasteiger partial charge on any atom is -0.394 e. The van der Waals surface area contributed by atoms with Crippen molar-refractivity contribution >= 4 is 17.3 Å². The fraction of sp³-hybridized carbons (Fsp3) is 0.571. The van der Waals surface area contributed by atoms with Crippen LogP contribution in [0.15, 0.2) is 18.2 Å². The zero-order valence-electron chi connectivity index (χ0n) is 10.9. The van der Waals surface area contributed by atoms with Gasteiger partial charge in [-0.3, -0.25) is 0 Å². The van der Waals surface area contributed by atoms with Crippen LogP contribution in [0.25, 0.3) is 0 Å². The molecule has 0 radical (unpaired) electrons. The Morgan fingerprint density at radius 1 is 1.26 bits per heavy atom. The van der Waals surface area contributed by atoms with Crippen LogP contribution in [0.4, 0.5) is 5.69 Å². The van der Waals surface area contributed by atoms with Crippen molar-refractivity contribution in [1.82, 2.24) is 0 Å². The van der Waals surface area contributed by atoms with Crippen LogP contribution in [-0.2, 0) is 11.3 Å². The van der Waals surface area contributed by atoms with Crippen LogP contribution in [0.3, 0.4) is 0 Å². The molecule has 1 fully saturated rings. The van der Waals surface area contributed by atoms with Crippen LogP contribution in [0.2, 0.25) is 5.02 Å². The van der Waals surface area contributed by atoms with Crippen LogP contribution in [-0.4, -0.2) is 42.6 Å². The van der Waals surface area contributed by atoms with Crippen LogP contribution in [0.5, 0.6) is 0 Å². The Kier molecular flexibility index (Phi) is 5.45. The predicted molar refractivity (Wildman–Crippen MR) is 75.6 cm³/mol. The number of nitrogens with zero attached hydrogens (tertiary/aromatic N) is 1. The fourth-order valence-corrected chi connectivity index (χ4v) is 2.61. The molecule has 0 aromatic heterocycles. The molecule has 1 heterocycles. The molecule has 1 saturated heterocycles. The van der Waals surface area contributed by atoms with Gasteiger partial charge in [-0.2, -0.15) is 0 Å². The molecule has 0 unspecified atom stereocenters. The van der Waals surface area contributed by atoms with Crippen molar-refractivity contribution in [2.45, 2.75) is 25.6 Å². The number of hydrogen-bond acceptors (Lipinski definition) is 4. The Labute approximate surface area is 118 Å². The summed E-state index contributed by atoms with van der Waals surface area (Å²) in [4.78, 5) is 2.23. The minimum absolute atomic E-state index is 0.0213. The highest BCUT2D eigenvalue weighted by atomic mass is 35.5. The zero-order chi connectivity index (χ0) is 13.7. The van der Waals surface area contributed by atoms with Crippen molar-refractivity contribution < 1.29 is 14.9 Å². The molecule has 5 heteroatoms. The zero-order valence-corrected chi connectivity index (χ0v) is 11.6. The van der Waals surface area contributed by atoms with Gasteiger partial charge in [0.25, 0.3) is 0 Å². The standard InChI is InChI=1S/C14H20ClNO3/c15-12-2-1-11(10-18)14(9-12)16-5-3-13(4-6-16)19-8-7-17/h1-2,9,13,17-18H,3-8,10H2. The summed E-state index contributed by atoms with van der Waals surface area (Å²) < 4.78 is 5.54. The number of piperidine rings is 1. The molecule has 0 bridgehead atoms. The summed E-state index contributed by atoms with van der Waals surface area (Å²) in [6.07, 6.45) is 2.08. The quantitative estimate of drug-likeness (QED) is 0.866. The van der Waals surface area contributed by atoms with E-state index in [4.69, 9.17) is 21.4 Å². The molecule has 19 heavy (non-hydrogen) atoms. The van der Waals surface area contributed by atoms with Crippen molar-refractivity contribution in [2.24, 2.45) is 0 Å². The van der Waals surface area contributed by atoms with Crippen LogP contribution < -0.4 is 4.90 Å². The van der Waals surface area contributed by atoms with Gasteiger partial charge in [0.15, 0.2) is 0 Å². The van der Waals surface area contributed by atoms with E-state index in [9.17, 15) is 5.11 Å². The summed E-state index contributed by atoms with van der Waals surface area (Å²) in [5.74, 6) is 0. The minimum atomic E-state index is 0.0213. The largest absolute Gasteiger partial charge is 0.394 e. The van der Waals surface area contributed by atoms with Gasteiger partial charge in [-0.15, -0.1) is 0 Å². The molecule has 0 amide bonds. The van der Waals surface area contributed by atoms with Gasteiger partial charge in [0.05, 0.1) is 25.9 Å². The summed E-state index contributed by atoms with van der Waals surface area (Å²) >= 11 is 6.03. The Morgan fingerprint density at radius 3 is 2.63 bits per heavy atom. The van der Waals surface area contributed by atoms with E-state index in [1.165, 1.54) is 0 Å². The maximum absolute atomic E-state index is 9.39. The molecule has 1 aliphatic rings. The molecule has 106 valence electrons. The first kappa shape index (κ1) is 14.6. The van der Waals surface area contributed by atoms with E-state index in [0.29, 0.717) is 11.6 Å². The SMILES string of the molecule is OCCOC1CCN(c2cc(Cl)ccc2CO)CC1. The smallest absolute Gasteiger partial charge is 0.0702 e. The van der Waals surface area contributed by atoms with Crippen molar-refractivity contribution in [2.75, 3.05) is 31.2 Å². The number of aliphatic hydroxyl groups excluding tert-OH is 2. The molecule has 4 nitrogen and oxygen atoms in total. The summed E-state index contributed by atoms with van der Waals surface area (Å²) in [6, 6.07) is 5.57. The van der Waals surface area contributed by atoms with Gasteiger partial charge < -0.3 is 19.8 Å². The number of ether oxygens (including phenoxy) is 1. The highest BCUT2D eigenvalue weighted by molar-refractivity contribution is 6.30. The van der Waals surface area contributed by atoms with Gasteiger partial charge >= 0.3 is 0 Å². The average molecular weight is 286 g/mol. The number of aliphatic hydroxyl groups is 2. The maximum Gasteiger partial charge on any atom is 0.0702 e. The lowest BCUT2D eigenvalue weighted by Crippen LogP contribution is -2.37. The van der Waals surface area contributed by atoms with Gasteiger partial charge in [0.2, 0.25) is 0 Å². The highest BCUT2D eigenvalue weighted by Crippen LogP contribution is 2.28. The fourth-order valence-electron chi connectivity index (χ4n) is 2.45. The number of halogens is 1. The second-order valence-corrected chi connectivity index (χ2v) is 5.15. The van der Waals surface area contributed by atoms with Gasteiger partial charge in [0, 0.05) is 29.4 Å². The Balaban J connectivity index is 1.99. The van der Waals surface area contributed by atoms with E-state index < -0.39 is 0 Å². The van der Waals surface area contributed by atoms with Crippen molar-refractivity contribution in [3.63, 3.8) is 0 Å². The lowest BCUT2D eigenvalue weighted by atomic mass is 10.0. The molecular weight excluding hydrogens is 266 g/mol. The first-order chi connectivity index (χ1) is 9.24. The monoisotopic (exact) mass is 285 g/mol. The molecule has 0 saturated carbocycles. The Bertz CT molecular complexity index is 406. The lowest BCUT2D eigenvalue weighted by molar-refractivity contribution is 0.0159.